The van der Waals surface area contributed by atoms with Crippen molar-refractivity contribution in [1.82, 2.24) is 14.9 Å². The maximum atomic E-state index is 6.18. The third-order valence-electron chi connectivity index (χ3n) is 3.34. The van der Waals surface area contributed by atoms with Gasteiger partial charge in [-0.3, -0.25) is 0 Å². The summed E-state index contributed by atoms with van der Waals surface area (Å²) in [5.41, 5.74) is 2.36. The summed E-state index contributed by atoms with van der Waals surface area (Å²) in [5, 5.41) is 4.15. The van der Waals surface area contributed by atoms with Gasteiger partial charge in [0.25, 0.3) is 0 Å². The Hall–Kier alpha value is -1.32. The van der Waals surface area contributed by atoms with E-state index in [0.717, 1.165) is 22.8 Å². The first-order chi connectivity index (χ1) is 8.63. The van der Waals surface area contributed by atoms with E-state index in [2.05, 4.69) is 23.3 Å². The van der Waals surface area contributed by atoms with E-state index in [-0.39, 0.29) is 6.04 Å². The van der Waals surface area contributed by atoms with E-state index in [1.807, 2.05) is 43.2 Å². The van der Waals surface area contributed by atoms with E-state index >= 15 is 0 Å². The van der Waals surface area contributed by atoms with Gasteiger partial charge in [0.2, 0.25) is 0 Å². The molecule has 0 aliphatic carbocycles. The Morgan fingerprint density at radius 1 is 1.44 bits per heavy atom. The van der Waals surface area contributed by atoms with Gasteiger partial charge in [0.05, 0.1) is 0 Å². The number of imidazole rings is 1. The second-order valence-electron chi connectivity index (χ2n) is 4.45. The zero-order valence-corrected chi connectivity index (χ0v) is 11.7. The minimum absolute atomic E-state index is 0.227. The molecule has 96 valence electrons. The van der Waals surface area contributed by atoms with Crippen molar-refractivity contribution in [3.63, 3.8) is 0 Å². The SMILES string of the molecule is CNC(Cc1nccn1C)c1cccc(Cl)c1C. The zero-order valence-electron chi connectivity index (χ0n) is 10.9. The number of hydrogen-bond donors (Lipinski definition) is 1. The van der Waals surface area contributed by atoms with E-state index in [4.69, 9.17) is 11.6 Å². The molecule has 0 amide bonds. The minimum Gasteiger partial charge on any atom is -0.338 e. The first-order valence-electron chi connectivity index (χ1n) is 6.02. The molecule has 1 heterocycles. The fourth-order valence-electron chi connectivity index (χ4n) is 2.14. The number of nitrogens with zero attached hydrogens (tertiary/aromatic N) is 2. The number of nitrogens with one attached hydrogen (secondary N) is 1. The highest BCUT2D eigenvalue weighted by molar-refractivity contribution is 6.31. The summed E-state index contributed by atoms with van der Waals surface area (Å²) in [5.74, 6) is 1.06. The molecule has 0 saturated heterocycles. The van der Waals surface area contributed by atoms with Crippen molar-refractivity contribution < 1.29 is 0 Å². The van der Waals surface area contributed by atoms with Crippen molar-refractivity contribution in [1.29, 1.82) is 0 Å². The van der Waals surface area contributed by atoms with Crippen LogP contribution in [0.25, 0.3) is 0 Å². The van der Waals surface area contributed by atoms with E-state index in [9.17, 15) is 0 Å². The van der Waals surface area contributed by atoms with Crippen LogP contribution in [0.3, 0.4) is 0 Å². The first kappa shape index (κ1) is 13.1. The Morgan fingerprint density at radius 3 is 2.83 bits per heavy atom. The monoisotopic (exact) mass is 263 g/mol. The highest BCUT2D eigenvalue weighted by Gasteiger charge is 2.15. The molecular weight excluding hydrogens is 246 g/mol. The number of halogens is 1. The average molecular weight is 264 g/mol. The molecule has 1 N–H and O–H groups in total. The lowest BCUT2D eigenvalue weighted by molar-refractivity contribution is 0.561. The fraction of sp³-hybridized carbons (Fsp3) is 0.357. The Balaban J connectivity index is 2.29. The number of likely N-dealkylation sites (N-methyl/N-ethyl adjacent to an activating group) is 1. The van der Waals surface area contributed by atoms with Crippen LogP contribution in [0.1, 0.15) is 23.0 Å². The third kappa shape index (κ3) is 2.57. The van der Waals surface area contributed by atoms with E-state index in [0.29, 0.717) is 0 Å². The van der Waals surface area contributed by atoms with Gasteiger partial charge >= 0.3 is 0 Å². The molecule has 0 fully saturated rings. The van der Waals surface area contributed by atoms with Crippen molar-refractivity contribution in [3.05, 3.63) is 52.6 Å². The summed E-state index contributed by atoms with van der Waals surface area (Å²) in [7, 11) is 3.98. The van der Waals surface area contributed by atoms with E-state index in [1.165, 1.54) is 5.56 Å². The van der Waals surface area contributed by atoms with Crippen LogP contribution < -0.4 is 5.32 Å². The van der Waals surface area contributed by atoms with Crippen LogP contribution in [0.2, 0.25) is 5.02 Å². The molecule has 3 nitrogen and oxygen atoms in total. The summed E-state index contributed by atoms with van der Waals surface area (Å²) in [6.07, 6.45) is 4.64. The molecule has 4 heteroatoms. The maximum Gasteiger partial charge on any atom is 0.110 e. The number of aromatic nitrogens is 2. The van der Waals surface area contributed by atoms with Gasteiger partial charge in [0.1, 0.15) is 5.82 Å². The van der Waals surface area contributed by atoms with E-state index < -0.39 is 0 Å². The first-order valence-corrected chi connectivity index (χ1v) is 6.39. The molecule has 1 unspecified atom stereocenters. The van der Waals surface area contributed by atoms with Crippen molar-refractivity contribution in [2.75, 3.05) is 7.05 Å². The summed E-state index contributed by atoms with van der Waals surface area (Å²) in [6, 6.07) is 6.26. The van der Waals surface area contributed by atoms with Gasteiger partial charge in [-0.05, 0) is 31.2 Å². The zero-order chi connectivity index (χ0) is 13.1. The van der Waals surface area contributed by atoms with Gasteiger partial charge in [-0.2, -0.15) is 0 Å². The van der Waals surface area contributed by atoms with Crippen molar-refractivity contribution in [2.24, 2.45) is 7.05 Å². The molecule has 0 aliphatic rings. The lowest BCUT2D eigenvalue weighted by Crippen LogP contribution is -2.21. The van der Waals surface area contributed by atoms with Crippen molar-refractivity contribution >= 4 is 11.6 Å². The van der Waals surface area contributed by atoms with Crippen LogP contribution in [0.15, 0.2) is 30.6 Å². The number of benzene rings is 1. The third-order valence-corrected chi connectivity index (χ3v) is 3.75. The van der Waals surface area contributed by atoms with Crippen LogP contribution in [-0.4, -0.2) is 16.6 Å². The number of hydrogen-bond acceptors (Lipinski definition) is 2. The summed E-state index contributed by atoms with van der Waals surface area (Å²) in [4.78, 5) is 4.37. The molecule has 0 bridgehead atoms. The average Bonchev–Trinajstić information content (AvgIpc) is 2.76. The van der Waals surface area contributed by atoms with Gasteiger partial charge < -0.3 is 9.88 Å². The van der Waals surface area contributed by atoms with Crippen molar-refractivity contribution in [2.45, 2.75) is 19.4 Å². The molecule has 0 radical (unpaired) electrons. The molecule has 1 aromatic carbocycles. The molecule has 18 heavy (non-hydrogen) atoms. The second kappa shape index (κ2) is 5.55. The van der Waals surface area contributed by atoms with Crippen molar-refractivity contribution in [3.8, 4) is 0 Å². The van der Waals surface area contributed by atoms with Crippen LogP contribution in [0, 0.1) is 6.92 Å². The molecule has 2 aromatic rings. The Morgan fingerprint density at radius 2 is 2.22 bits per heavy atom. The molecule has 1 atom stereocenters. The molecule has 2 rings (SSSR count). The largest absolute Gasteiger partial charge is 0.338 e. The lowest BCUT2D eigenvalue weighted by atomic mass is 9.98. The van der Waals surface area contributed by atoms with Gasteiger partial charge in [-0.1, -0.05) is 23.7 Å². The standard InChI is InChI=1S/C14H18ClN3/c1-10-11(5-4-6-12(10)15)13(16-2)9-14-17-7-8-18(14)3/h4-8,13,16H,9H2,1-3H3. The lowest BCUT2D eigenvalue weighted by Gasteiger charge is -2.19. The highest BCUT2D eigenvalue weighted by atomic mass is 35.5. The quantitative estimate of drug-likeness (QED) is 0.919. The van der Waals surface area contributed by atoms with Gasteiger partial charge in [0, 0.05) is 36.9 Å². The number of rotatable bonds is 4. The molecule has 0 spiro atoms. The predicted octanol–water partition coefficient (Wildman–Crippen LogP) is 2.89. The summed E-state index contributed by atoms with van der Waals surface area (Å²) >= 11 is 6.18. The maximum absolute atomic E-state index is 6.18. The fourth-order valence-corrected chi connectivity index (χ4v) is 2.33. The molecular formula is C14H18ClN3. The van der Waals surface area contributed by atoms with Crippen LogP contribution in [0.4, 0.5) is 0 Å². The van der Waals surface area contributed by atoms with Crippen LogP contribution in [-0.2, 0) is 13.5 Å². The van der Waals surface area contributed by atoms with E-state index in [1.54, 1.807) is 0 Å². The molecule has 0 saturated carbocycles. The molecule has 0 aliphatic heterocycles. The Bertz CT molecular complexity index is 534. The normalized spacial score (nSPS) is 12.7. The Labute approximate surface area is 113 Å². The van der Waals surface area contributed by atoms with Crippen LogP contribution in [0.5, 0.6) is 0 Å². The second-order valence-corrected chi connectivity index (χ2v) is 4.86. The van der Waals surface area contributed by atoms with Gasteiger partial charge in [0.15, 0.2) is 0 Å². The van der Waals surface area contributed by atoms with Gasteiger partial charge in [-0.25, -0.2) is 4.98 Å². The minimum atomic E-state index is 0.227. The highest BCUT2D eigenvalue weighted by Crippen LogP contribution is 2.25. The summed E-state index contributed by atoms with van der Waals surface area (Å²) in [6.45, 7) is 2.06. The topological polar surface area (TPSA) is 29.9 Å². The number of aryl methyl sites for hydroxylation is 1. The predicted molar refractivity (Wildman–Crippen MR) is 74.9 cm³/mol. The van der Waals surface area contributed by atoms with Crippen LogP contribution >= 0.6 is 11.6 Å². The summed E-state index contributed by atoms with van der Waals surface area (Å²) < 4.78 is 2.05. The molecule has 1 aromatic heterocycles. The van der Waals surface area contributed by atoms with Gasteiger partial charge in [-0.15, -0.1) is 0 Å². The smallest absolute Gasteiger partial charge is 0.110 e. The Kier molecular flexibility index (Phi) is 4.04.